The average molecular weight is 352 g/mol. The number of hydrogen-bond donors (Lipinski definition) is 1. The van der Waals surface area contributed by atoms with Crippen molar-refractivity contribution in [2.75, 3.05) is 5.01 Å². The van der Waals surface area contributed by atoms with Crippen LogP contribution in [0.4, 0.5) is 10.3 Å². The van der Waals surface area contributed by atoms with E-state index >= 15 is 0 Å². The van der Waals surface area contributed by atoms with Gasteiger partial charge >= 0.3 is 0 Å². The predicted molar refractivity (Wildman–Crippen MR) is 96.7 cm³/mol. The lowest BCUT2D eigenvalue weighted by Gasteiger charge is -2.27. The summed E-state index contributed by atoms with van der Waals surface area (Å²) in [5.41, 5.74) is 7.59. The summed E-state index contributed by atoms with van der Waals surface area (Å²) in [5, 5.41) is 1.84. The first-order valence-corrected chi connectivity index (χ1v) is 8.82. The molecule has 6 heteroatoms. The van der Waals surface area contributed by atoms with E-state index < -0.39 is 0 Å². The van der Waals surface area contributed by atoms with Crippen LogP contribution in [0.15, 0.2) is 41.6 Å². The third-order valence-electron chi connectivity index (χ3n) is 4.87. The van der Waals surface area contributed by atoms with Crippen LogP contribution < -0.4 is 10.4 Å². The number of Topliss-reactive ketones (excluding diaryl/α,β-unsaturated/α-hetero) is 1. The van der Waals surface area contributed by atoms with Crippen LogP contribution in [0.5, 0.6) is 0 Å². The Morgan fingerprint density at radius 1 is 1.12 bits per heavy atom. The Morgan fingerprint density at radius 2 is 1.77 bits per heavy atom. The van der Waals surface area contributed by atoms with Crippen molar-refractivity contribution in [3.05, 3.63) is 64.4 Å². The van der Waals surface area contributed by atoms with Gasteiger partial charge in [-0.05, 0) is 49.9 Å². The van der Waals surface area contributed by atoms with Crippen molar-refractivity contribution in [1.29, 1.82) is 0 Å². The highest BCUT2D eigenvalue weighted by molar-refractivity contribution is 5.99. The van der Waals surface area contributed by atoms with Crippen LogP contribution in [0.1, 0.15) is 42.8 Å². The van der Waals surface area contributed by atoms with Gasteiger partial charge in [-0.1, -0.05) is 19.1 Å². The molecule has 26 heavy (non-hydrogen) atoms. The minimum Gasteiger partial charge on any atom is -0.299 e. The first kappa shape index (κ1) is 16.7. The third kappa shape index (κ3) is 2.85. The standard InChI is InChI=1S/C20H21FN4O/c1-11-8-16-18(17(26)9-11)19(14-4-6-15(21)7-5-14)25(24-16)20-22-12(2)10-13(3)23-20/h4-7,10-11,19,24H,8-9H2,1-3H3/t11-,19+/m0/s1. The van der Waals surface area contributed by atoms with Gasteiger partial charge in [0, 0.05) is 29.1 Å². The number of carbonyl (C=O) groups excluding carboxylic acids is 1. The van der Waals surface area contributed by atoms with Gasteiger partial charge in [0.25, 0.3) is 0 Å². The van der Waals surface area contributed by atoms with Crippen LogP contribution in [-0.2, 0) is 4.79 Å². The average Bonchev–Trinajstić information content (AvgIpc) is 2.94. The molecule has 0 amide bonds. The molecular weight excluding hydrogens is 331 g/mol. The molecule has 1 aliphatic carbocycles. The molecule has 1 aromatic heterocycles. The monoisotopic (exact) mass is 352 g/mol. The quantitative estimate of drug-likeness (QED) is 0.896. The Hall–Kier alpha value is -2.76. The smallest absolute Gasteiger partial charge is 0.245 e. The van der Waals surface area contributed by atoms with E-state index in [1.807, 2.05) is 24.9 Å². The number of aryl methyl sites for hydroxylation is 2. The molecule has 0 spiro atoms. The zero-order valence-corrected chi connectivity index (χ0v) is 15.1. The normalized spacial score (nSPS) is 22.5. The number of rotatable bonds is 2. The number of allylic oxidation sites excluding steroid dienone is 1. The maximum absolute atomic E-state index is 13.4. The Kier molecular flexibility index (Phi) is 3.98. The highest BCUT2D eigenvalue weighted by atomic mass is 19.1. The number of carbonyl (C=O) groups is 1. The van der Waals surface area contributed by atoms with Crippen LogP contribution in [0, 0.1) is 25.6 Å². The van der Waals surface area contributed by atoms with Gasteiger partial charge in [-0.25, -0.2) is 19.4 Å². The van der Waals surface area contributed by atoms with E-state index in [1.165, 1.54) is 12.1 Å². The predicted octanol–water partition coefficient (Wildman–Crippen LogP) is 3.55. The number of halogens is 1. The second kappa shape index (κ2) is 6.20. The van der Waals surface area contributed by atoms with Crippen LogP contribution in [0.25, 0.3) is 0 Å². The fraction of sp³-hybridized carbons (Fsp3) is 0.350. The van der Waals surface area contributed by atoms with Crippen LogP contribution in [0.2, 0.25) is 0 Å². The molecule has 5 nitrogen and oxygen atoms in total. The molecule has 2 heterocycles. The summed E-state index contributed by atoms with van der Waals surface area (Å²) in [5.74, 6) is 0.647. The number of ketones is 1. The van der Waals surface area contributed by atoms with Gasteiger partial charge in [0.15, 0.2) is 5.78 Å². The second-order valence-corrected chi connectivity index (χ2v) is 7.22. The van der Waals surface area contributed by atoms with E-state index in [2.05, 4.69) is 22.3 Å². The van der Waals surface area contributed by atoms with Crippen molar-refractivity contribution in [1.82, 2.24) is 15.4 Å². The summed E-state index contributed by atoms with van der Waals surface area (Å²) >= 11 is 0. The van der Waals surface area contributed by atoms with E-state index in [9.17, 15) is 9.18 Å². The molecule has 1 aromatic carbocycles. The maximum atomic E-state index is 13.4. The maximum Gasteiger partial charge on any atom is 0.245 e. The van der Waals surface area contributed by atoms with Crippen LogP contribution in [-0.4, -0.2) is 15.8 Å². The highest BCUT2D eigenvalue weighted by Gasteiger charge is 2.42. The van der Waals surface area contributed by atoms with Gasteiger partial charge in [-0.15, -0.1) is 0 Å². The number of hydrazine groups is 1. The van der Waals surface area contributed by atoms with Gasteiger partial charge < -0.3 is 0 Å². The lowest BCUT2D eigenvalue weighted by atomic mass is 9.83. The van der Waals surface area contributed by atoms with E-state index in [1.54, 1.807) is 12.1 Å². The van der Waals surface area contributed by atoms with Crippen molar-refractivity contribution in [3.63, 3.8) is 0 Å². The topological polar surface area (TPSA) is 58.1 Å². The molecule has 0 bridgehead atoms. The van der Waals surface area contributed by atoms with Crippen LogP contribution >= 0.6 is 0 Å². The van der Waals surface area contributed by atoms with Crippen molar-refractivity contribution >= 4 is 11.7 Å². The van der Waals surface area contributed by atoms with Crippen molar-refractivity contribution < 1.29 is 9.18 Å². The fourth-order valence-corrected chi connectivity index (χ4v) is 3.83. The first-order valence-electron chi connectivity index (χ1n) is 8.82. The van der Waals surface area contributed by atoms with Crippen molar-refractivity contribution in [2.45, 2.75) is 39.7 Å². The number of nitrogens with zero attached hydrogens (tertiary/aromatic N) is 3. The minimum atomic E-state index is -0.355. The minimum absolute atomic E-state index is 0.132. The van der Waals surface area contributed by atoms with Crippen molar-refractivity contribution in [2.24, 2.45) is 5.92 Å². The number of hydrogen-bond acceptors (Lipinski definition) is 5. The summed E-state index contributed by atoms with van der Waals surface area (Å²) in [6.45, 7) is 5.91. The van der Waals surface area contributed by atoms with Gasteiger partial charge in [0.05, 0.1) is 0 Å². The molecular formula is C20H21FN4O. The van der Waals surface area contributed by atoms with Crippen molar-refractivity contribution in [3.8, 4) is 0 Å². The molecule has 4 rings (SSSR count). The summed E-state index contributed by atoms with van der Waals surface area (Å²) in [6, 6.07) is 7.84. The molecule has 0 saturated heterocycles. The lowest BCUT2D eigenvalue weighted by Crippen LogP contribution is -2.36. The summed E-state index contributed by atoms with van der Waals surface area (Å²) < 4.78 is 13.4. The van der Waals surface area contributed by atoms with Gasteiger partial charge in [-0.2, -0.15) is 0 Å². The largest absolute Gasteiger partial charge is 0.299 e. The molecule has 2 aromatic rings. The second-order valence-electron chi connectivity index (χ2n) is 7.22. The molecule has 0 unspecified atom stereocenters. The Labute approximate surface area is 151 Å². The van der Waals surface area contributed by atoms with Gasteiger partial charge in [0.1, 0.15) is 11.9 Å². The summed E-state index contributed by atoms with van der Waals surface area (Å²) in [4.78, 5) is 21.9. The summed E-state index contributed by atoms with van der Waals surface area (Å²) in [6.07, 6.45) is 1.33. The molecule has 0 radical (unpaired) electrons. The fourth-order valence-electron chi connectivity index (χ4n) is 3.83. The molecule has 2 aliphatic rings. The Balaban J connectivity index is 1.83. The van der Waals surface area contributed by atoms with E-state index in [0.717, 1.165) is 34.6 Å². The van der Waals surface area contributed by atoms with Crippen LogP contribution in [0.3, 0.4) is 0 Å². The number of anilines is 1. The molecule has 0 fully saturated rings. The molecule has 134 valence electrons. The third-order valence-corrected chi connectivity index (χ3v) is 4.87. The highest BCUT2D eigenvalue weighted by Crippen LogP contribution is 2.42. The molecule has 2 atom stereocenters. The lowest BCUT2D eigenvalue weighted by molar-refractivity contribution is -0.117. The number of nitrogens with one attached hydrogen (secondary N) is 1. The summed E-state index contributed by atoms with van der Waals surface area (Å²) in [7, 11) is 0. The van der Waals surface area contributed by atoms with E-state index in [-0.39, 0.29) is 17.6 Å². The molecule has 0 saturated carbocycles. The number of aromatic nitrogens is 2. The van der Waals surface area contributed by atoms with E-state index in [0.29, 0.717) is 18.3 Å². The van der Waals surface area contributed by atoms with Gasteiger partial charge in [0.2, 0.25) is 5.95 Å². The zero-order chi connectivity index (χ0) is 18.4. The molecule has 1 N–H and O–H groups in total. The number of benzene rings is 1. The van der Waals surface area contributed by atoms with E-state index in [4.69, 9.17) is 0 Å². The SMILES string of the molecule is Cc1cc(C)nc(N2NC3=C(C(=O)C[C@@H](C)C3)[C@H]2c2ccc(F)cc2)n1. The Morgan fingerprint density at radius 3 is 2.42 bits per heavy atom. The van der Waals surface area contributed by atoms with Gasteiger partial charge in [-0.3, -0.25) is 10.2 Å². The zero-order valence-electron chi connectivity index (χ0n) is 15.1. The Bertz CT molecular complexity index is 886. The first-order chi connectivity index (χ1) is 12.4. The molecule has 1 aliphatic heterocycles.